The van der Waals surface area contributed by atoms with Crippen molar-refractivity contribution in [1.29, 1.82) is 0 Å². The third kappa shape index (κ3) is 4.91. The molecule has 0 unspecified atom stereocenters. The lowest BCUT2D eigenvalue weighted by atomic mass is 9.93. The van der Waals surface area contributed by atoms with Crippen LogP contribution in [0.25, 0.3) is 0 Å². The average Bonchev–Trinajstić information content (AvgIpc) is 2.64. The molecule has 1 aromatic rings. The molecule has 1 aromatic carbocycles. The van der Waals surface area contributed by atoms with Gasteiger partial charge in [-0.15, -0.1) is 0 Å². The third-order valence-corrected chi connectivity index (χ3v) is 5.92. The van der Waals surface area contributed by atoms with E-state index in [0.717, 1.165) is 6.04 Å². The van der Waals surface area contributed by atoms with Gasteiger partial charge in [-0.1, -0.05) is 57.9 Å². The number of hydrogen-bond acceptors (Lipinski definition) is 2. The zero-order valence-electron chi connectivity index (χ0n) is 15.6. The van der Waals surface area contributed by atoms with E-state index in [2.05, 4.69) is 41.4 Å². The maximum absolute atomic E-state index is 3.81. The highest BCUT2D eigenvalue weighted by Gasteiger charge is 2.21. The number of unbranched alkanes of at least 4 members (excludes halogenated alkanes) is 1. The molecule has 0 aromatic heterocycles. The molecule has 0 spiro atoms. The summed E-state index contributed by atoms with van der Waals surface area (Å²) in [5, 5.41) is 3.81. The Morgan fingerprint density at radius 3 is 2.38 bits per heavy atom. The second-order valence-corrected chi connectivity index (χ2v) is 7.87. The molecule has 2 nitrogen and oxygen atoms in total. The number of nitrogens with one attached hydrogen (secondary N) is 1. The van der Waals surface area contributed by atoms with Crippen molar-refractivity contribution in [1.82, 2.24) is 0 Å². The molecule has 2 aliphatic rings. The van der Waals surface area contributed by atoms with Crippen LogP contribution in [-0.4, -0.2) is 18.6 Å². The van der Waals surface area contributed by atoms with Gasteiger partial charge in [-0.3, -0.25) is 0 Å². The third-order valence-electron chi connectivity index (χ3n) is 5.92. The van der Waals surface area contributed by atoms with Crippen molar-refractivity contribution >= 4 is 11.4 Å². The predicted octanol–water partition coefficient (Wildman–Crippen LogP) is 6.37. The van der Waals surface area contributed by atoms with Gasteiger partial charge in [-0.25, -0.2) is 0 Å². The summed E-state index contributed by atoms with van der Waals surface area (Å²) in [5.41, 5.74) is 2.77. The Balaban J connectivity index is 1.70. The average molecular weight is 329 g/mol. The van der Waals surface area contributed by atoms with E-state index in [1.807, 2.05) is 0 Å². The predicted molar refractivity (Wildman–Crippen MR) is 106 cm³/mol. The summed E-state index contributed by atoms with van der Waals surface area (Å²) in [6.45, 7) is 3.52. The minimum Gasteiger partial charge on any atom is -0.382 e. The molecule has 0 amide bonds. The van der Waals surface area contributed by atoms with E-state index >= 15 is 0 Å². The lowest BCUT2D eigenvalue weighted by Gasteiger charge is -2.36. The van der Waals surface area contributed by atoms with E-state index in [9.17, 15) is 0 Å². The lowest BCUT2D eigenvalue weighted by molar-refractivity contribution is 0.412. The van der Waals surface area contributed by atoms with Crippen LogP contribution in [-0.2, 0) is 0 Å². The summed E-state index contributed by atoms with van der Waals surface area (Å²) in [5.74, 6) is 0. The van der Waals surface area contributed by atoms with Gasteiger partial charge in [0, 0.05) is 30.0 Å². The molecule has 24 heavy (non-hydrogen) atoms. The monoisotopic (exact) mass is 328 g/mol. The van der Waals surface area contributed by atoms with Gasteiger partial charge in [0.25, 0.3) is 0 Å². The highest BCUT2D eigenvalue weighted by molar-refractivity contribution is 5.59. The van der Waals surface area contributed by atoms with E-state index in [-0.39, 0.29) is 0 Å². The van der Waals surface area contributed by atoms with Crippen LogP contribution in [0.3, 0.4) is 0 Å². The topological polar surface area (TPSA) is 15.3 Å². The van der Waals surface area contributed by atoms with Crippen molar-refractivity contribution < 1.29 is 0 Å². The molecule has 134 valence electrons. The molecule has 2 aliphatic carbocycles. The summed E-state index contributed by atoms with van der Waals surface area (Å²) < 4.78 is 0. The SMILES string of the molecule is CCCCN(c1cccc(NC2CCCCC2)c1)C1CCCCC1. The highest BCUT2D eigenvalue weighted by Crippen LogP contribution is 2.30. The van der Waals surface area contributed by atoms with Crippen LogP contribution in [0.4, 0.5) is 11.4 Å². The number of hydrogen-bond donors (Lipinski definition) is 1. The molecule has 2 saturated carbocycles. The van der Waals surface area contributed by atoms with Crippen LogP contribution in [0.2, 0.25) is 0 Å². The molecule has 0 saturated heterocycles. The maximum atomic E-state index is 3.81. The van der Waals surface area contributed by atoms with E-state index < -0.39 is 0 Å². The molecule has 0 bridgehead atoms. The Labute approximate surface area is 149 Å². The largest absolute Gasteiger partial charge is 0.382 e. The zero-order valence-corrected chi connectivity index (χ0v) is 15.6. The first-order valence-corrected chi connectivity index (χ1v) is 10.5. The van der Waals surface area contributed by atoms with Crippen molar-refractivity contribution in [2.24, 2.45) is 0 Å². The van der Waals surface area contributed by atoms with E-state index in [0.29, 0.717) is 6.04 Å². The Morgan fingerprint density at radius 2 is 1.67 bits per heavy atom. The Hall–Kier alpha value is -1.18. The lowest BCUT2D eigenvalue weighted by Crippen LogP contribution is -2.37. The first-order valence-electron chi connectivity index (χ1n) is 10.5. The minimum absolute atomic E-state index is 0.688. The van der Waals surface area contributed by atoms with Crippen molar-refractivity contribution in [2.45, 2.75) is 96.1 Å². The molecule has 2 heteroatoms. The number of benzene rings is 1. The van der Waals surface area contributed by atoms with Gasteiger partial charge in [0.05, 0.1) is 0 Å². The molecular weight excluding hydrogens is 292 g/mol. The van der Waals surface area contributed by atoms with Crippen LogP contribution in [0.5, 0.6) is 0 Å². The van der Waals surface area contributed by atoms with Crippen molar-refractivity contribution in [2.75, 3.05) is 16.8 Å². The summed E-state index contributed by atoms with van der Waals surface area (Å²) in [4.78, 5) is 2.72. The van der Waals surface area contributed by atoms with Crippen molar-refractivity contribution in [3.63, 3.8) is 0 Å². The molecule has 0 heterocycles. The molecular formula is C22H36N2. The van der Waals surface area contributed by atoms with Gasteiger partial charge in [-0.05, 0) is 50.3 Å². The maximum Gasteiger partial charge on any atom is 0.0389 e. The van der Waals surface area contributed by atoms with Crippen molar-refractivity contribution in [3.8, 4) is 0 Å². The smallest absolute Gasteiger partial charge is 0.0389 e. The van der Waals surface area contributed by atoms with Gasteiger partial charge in [0.15, 0.2) is 0 Å². The Kier molecular flexibility index (Phi) is 6.86. The fourth-order valence-corrected chi connectivity index (χ4v) is 4.50. The second-order valence-electron chi connectivity index (χ2n) is 7.87. The summed E-state index contributed by atoms with van der Waals surface area (Å²) >= 11 is 0. The minimum atomic E-state index is 0.688. The van der Waals surface area contributed by atoms with Gasteiger partial charge in [-0.2, -0.15) is 0 Å². The first-order chi connectivity index (χ1) is 11.9. The van der Waals surface area contributed by atoms with Crippen LogP contribution in [0, 0.1) is 0 Å². The van der Waals surface area contributed by atoms with E-state index in [1.165, 1.54) is 95.0 Å². The number of rotatable bonds is 7. The van der Waals surface area contributed by atoms with Gasteiger partial charge in [0.1, 0.15) is 0 Å². The van der Waals surface area contributed by atoms with Crippen LogP contribution in [0.1, 0.15) is 84.0 Å². The Bertz CT molecular complexity index is 473. The first kappa shape index (κ1) is 17.6. The summed E-state index contributed by atoms with van der Waals surface area (Å²) in [7, 11) is 0. The normalized spacial score (nSPS) is 20.0. The fraction of sp³-hybridized carbons (Fsp3) is 0.727. The fourth-order valence-electron chi connectivity index (χ4n) is 4.50. The van der Waals surface area contributed by atoms with E-state index in [4.69, 9.17) is 0 Å². The van der Waals surface area contributed by atoms with Crippen molar-refractivity contribution in [3.05, 3.63) is 24.3 Å². The standard InChI is InChI=1S/C22H36N2/c1-2-3-17-24(21-14-8-5-9-15-21)22-16-10-13-20(18-22)23-19-11-6-4-7-12-19/h10,13,16,18-19,21,23H,2-9,11-12,14-15,17H2,1H3. The summed E-state index contributed by atoms with van der Waals surface area (Å²) in [6.07, 6.45) is 16.5. The molecule has 3 rings (SSSR count). The van der Waals surface area contributed by atoms with Crippen LogP contribution >= 0.6 is 0 Å². The van der Waals surface area contributed by atoms with Gasteiger partial charge >= 0.3 is 0 Å². The van der Waals surface area contributed by atoms with Gasteiger partial charge < -0.3 is 10.2 Å². The van der Waals surface area contributed by atoms with E-state index in [1.54, 1.807) is 0 Å². The summed E-state index contributed by atoms with van der Waals surface area (Å²) in [6, 6.07) is 10.7. The van der Waals surface area contributed by atoms with Crippen LogP contribution < -0.4 is 10.2 Å². The molecule has 0 atom stereocenters. The molecule has 0 aliphatic heterocycles. The highest BCUT2D eigenvalue weighted by atomic mass is 15.2. The van der Waals surface area contributed by atoms with Gasteiger partial charge in [0.2, 0.25) is 0 Å². The molecule has 0 radical (unpaired) electrons. The Morgan fingerprint density at radius 1 is 0.958 bits per heavy atom. The number of nitrogens with zero attached hydrogens (tertiary/aromatic N) is 1. The molecule has 2 fully saturated rings. The number of anilines is 2. The second kappa shape index (κ2) is 9.34. The molecule has 1 N–H and O–H groups in total. The zero-order chi connectivity index (χ0) is 16.6. The quantitative estimate of drug-likeness (QED) is 0.625. The van der Waals surface area contributed by atoms with Crippen LogP contribution in [0.15, 0.2) is 24.3 Å².